The van der Waals surface area contributed by atoms with Gasteiger partial charge in [0.15, 0.2) is 11.7 Å². The van der Waals surface area contributed by atoms with Crippen molar-refractivity contribution < 1.29 is 9.21 Å². The number of anilines is 1. The van der Waals surface area contributed by atoms with E-state index in [2.05, 4.69) is 15.6 Å². The molecule has 1 heterocycles. The average Bonchev–Trinajstić information content (AvgIpc) is 2.99. The summed E-state index contributed by atoms with van der Waals surface area (Å²) in [5, 5.41) is 5.80. The van der Waals surface area contributed by atoms with E-state index in [0.717, 1.165) is 5.56 Å². The number of furan rings is 1. The molecule has 1 aromatic carbocycles. The van der Waals surface area contributed by atoms with Crippen molar-refractivity contribution in [2.75, 3.05) is 5.32 Å². The lowest BCUT2D eigenvalue weighted by Crippen LogP contribution is -2.36. The first-order valence-corrected chi connectivity index (χ1v) is 7.05. The highest BCUT2D eigenvalue weighted by molar-refractivity contribution is 14.0. The van der Waals surface area contributed by atoms with Crippen LogP contribution in [0.1, 0.15) is 30.0 Å². The van der Waals surface area contributed by atoms with Gasteiger partial charge in [0.1, 0.15) is 0 Å². The van der Waals surface area contributed by atoms with Crippen molar-refractivity contribution in [3.05, 3.63) is 54.0 Å². The van der Waals surface area contributed by atoms with Gasteiger partial charge in [-0.15, -0.1) is 24.0 Å². The number of hydrogen-bond donors (Lipinski definition) is 3. The molecule has 0 radical (unpaired) electrons. The molecule has 0 aliphatic rings. The summed E-state index contributed by atoms with van der Waals surface area (Å²) >= 11 is 0. The predicted octanol–water partition coefficient (Wildman–Crippen LogP) is 2.96. The molecule has 0 bridgehead atoms. The smallest absolute Gasteiger partial charge is 0.291 e. The standard InChI is InChI=1S/C16H20N4O2.HI/c1-11(2)19-16(17)18-10-12-5-3-6-13(9-12)20-15(21)14-7-4-8-22-14;/h3-9,11H,10H2,1-2H3,(H,20,21)(H3,17,18,19);1H. The lowest BCUT2D eigenvalue weighted by molar-refractivity contribution is 0.0996. The molecular weight excluding hydrogens is 407 g/mol. The summed E-state index contributed by atoms with van der Waals surface area (Å²) in [5.74, 6) is 0.389. The molecule has 0 unspecified atom stereocenters. The van der Waals surface area contributed by atoms with Gasteiger partial charge >= 0.3 is 0 Å². The molecule has 0 aliphatic heterocycles. The Kier molecular flexibility index (Phi) is 7.60. The van der Waals surface area contributed by atoms with E-state index in [-0.39, 0.29) is 41.7 Å². The van der Waals surface area contributed by atoms with Crippen LogP contribution >= 0.6 is 24.0 Å². The van der Waals surface area contributed by atoms with Crippen molar-refractivity contribution in [2.45, 2.75) is 26.4 Å². The van der Waals surface area contributed by atoms with E-state index >= 15 is 0 Å². The minimum Gasteiger partial charge on any atom is -0.459 e. The summed E-state index contributed by atoms with van der Waals surface area (Å²) in [5.41, 5.74) is 7.40. The summed E-state index contributed by atoms with van der Waals surface area (Å²) < 4.78 is 5.05. The van der Waals surface area contributed by atoms with E-state index < -0.39 is 0 Å². The highest BCUT2D eigenvalue weighted by atomic mass is 127. The van der Waals surface area contributed by atoms with E-state index in [1.807, 2.05) is 38.1 Å². The average molecular weight is 428 g/mol. The van der Waals surface area contributed by atoms with Gasteiger partial charge in [0.25, 0.3) is 5.91 Å². The van der Waals surface area contributed by atoms with Crippen molar-refractivity contribution in [2.24, 2.45) is 10.7 Å². The Morgan fingerprint density at radius 3 is 2.74 bits per heavy atom. The Morgan fingerprint density at radius 2 is 2.09 bits per heavy atom. The van der Waals surface area contributed by atoms with Crippen LogP contribution in [0.5, 0.6) is 0 Å². The van der Waals surface area contributed by atoms with Crippen LogP contribution in [0.15, 0.2) is 52.1 Å². The van der Waals surface area contributed by atoms with Crippen LogP contribution in [-0.2, 0) is 6.54 Å². The molecule has 2 rings (SSSR count). The molecule has 0 saturated heterocycles. The third-order valence-corrected chi connectivity index (χ3v) is 2.80. The number of rotatable bonds is 5. The maximum absolute atomic E-state index is 11.9. The number of nitrogens with two attached hydrogens (primary N) is 1. The van der Waals surface area contributed by atoms with Crippen molar-refractivity contribution in [1.29, 1.82) is 0 Å². The molecule has 2 aromatic rings. The molecule has 0 fully saturated rings. The van der Waals surface area contributed by atoms with Gasteiger partial charge in [0.2, 0.25) is 0 Å². The zero-order chi connectivity index (χ0) is 15.9. The van der Waals surface area contributed by atoms with Crippen molar-refractivity contribution in [3.63, 3.8) is 0 Å². The number of carbonyl (C=O) groups is 1. The van der Waals surface area contributed by atoms with E-state index in [1.54, 1.807) is 12.1 Å². The predicted molar refractivity (Wildman–Crippen MR) is 102 cm³/mol. The number of guanidine groups is 1. The van der Waals surface area contributed by atoms with Crippen LogP contribution < -0.4 is 16.4 Å². The maximum Gasteiger partial charge on any atom is 0.291 e. The van der Waals surface area contributed by atoms with E-state index in [0.29, 0.717) is 18.2 Å². The molecule has 23 heavy (non-hydrogen) atoms. The minimum absolute atomic E-state index is 0. The molecule has 0 aliphatic carbocycles. The molecule has 124 valence electrons. The molecular formula is C16H21IN4O2. The Labute approximate surface area is 152 Å². The van der Waals surface area contributed by atoms with Gasteiger partial charge in [-0.2, -0.15) is 0 Å². The number of amides is 1. The van der Waals surface area contributed by atoms with Gasteiger partial charge < -0.3 is 20.8 Å². The van der Waals surface area contributed by atoms with Crippen LogP contribution in [0.25, 0.3) is 0 Å². The molecule has 1 amide bonds. The molecule has 4 N–H and O–H groups in total. The van der Waals surface area contributed by atoms with E-state index in [4.69, 9.17) is 10.2 Å². The SMILES string of the molecule is CC(C)NC(N)=NCc1cccc(NC(=O)c2ccco2)c1.I. The highest BCUT2D eigenvalue weighted by Crippen LogP contribution is 2.13. The van der Waals surface area contributed by atoms with Gasteiger partial charge in [-0.05, 0) is 43.7 Å². The first-order chi connectivity index (χ1) is 10.5. The number of benzene rings is 1. The van der Waals surface area contributed by atoms with Gasteiger partial charge in [0, 0.05) is 11.7 Å². The van der Waals surface area contributed by atoms with E-state index in [1.165, 1.54) is 6.26 Å². The molecule has 6 nitrogen and oxygen atoms in total. The number of aliphatic imine (C=N–C) groups is 1. The topological polar surface area (TPSA) is 92.6 Å². The molecule has 1 aromatic heterocycles. The Balaban J connectivity index is 0.00000264. The Hall–Kier alpha value is -2.03. The number of halogens is 1. The second-order valence-corrected chi connectivity index (χ2v) is 5.13. The zero-order valence-corrected chi connectivity index (χ0v) is 15.4. The third kappa shape index (κ3) is 6.31. The van der Waals surface area contributed by atoms with Crippen LogP contribution in [0, 0.1) is 0 Å². The monoisotopic (exact) mass is 428 g/mol. The third-order valence-electron chi connectivity index (χ3n) is 2.80. The number of nitrogens with one attached hydrogen (secondary N) is 2. The number of hydrogen-bond acceptors (Lipinski definition) is 3. The van der Waals surface area contributed by atoms with Crippen molar-refractivity contribution in [1.82, 2.24) is 5.32 Å². The summed E-state index contributed by atoms with van der Waals surface area (Å²) in [6.07, 6.45) is 1.46. The normalized spacial score (nSPS) is 11.0. The lowest BCUT2D eigenvalue weighted by Gasteiger charge is -2.09. The first kappa shape index (κ1) is 19.0. The summed E-state index contributed by atoms with van der Waals surface area (Å²) in [6.45, 7) is 4.43. The van der Waals surface area contributed by atoms with Crippen LogP contribution in [0.3, 0.4) is 0 Å². The maximum atomic E-state index is 11.9. The van der Waals surface area contributed by atoms with Crippen LogP contribution in [-0.4, -0.2) is 17.9 Å². The lowest BCUT2D eigenvalue weighted by atomic mass is 10.2. The molecule has 0 saturated carbocycles. The molecule has 0 spiro atoms. The van der Waals surface area contributed by atoms with Gasteiger partial charge in [-0.3, -0.25) is 4.79 Å². The van der Waals surface area contributed by atoms with E-state index in [9.17, 15) is 4.79 Å². The van der Waals surface area contributed by atoms with Gasteiger partial charge in [-0.1, -0.05) is 12.1 Å². The van der Waals surface area contributed by atoms with Gasteiger partial charge in [-0.25, -0.2) is 4.99 Å². The summed E-state index contributed by atoms with van der Waals surface area (Å²) in [4.78, 5) is 16.2. The Morgan fingerprint density at radius 1 is 1.30 bits per heavy atom. The number of nitrogens with zero attached hydrogens (tertiary/aromatic N) is 1. The quantitative estimate of drug-likeness (QED) is 0.388. The second-order valence-electron chi connectivity index (χ2n) is 5.13. The zero-order valence-electron chi connectivity index (χ0n) is 13.1. The first-order valence-electron chi connectivity index (χ1n) is 7.05. The summed E-state index contributed by atoms with van der Waals surface area (Å²) in [6, 6.07) is 11.0. The fourth-order valence-electron chi connectivity index (χ4n) is 1.87. The van der Waals surface area contributed by atoms with Gasteiger partial charge in [0.05, 0.1) is 12.8 Å². The fourth-order valence-corrected chi connectivity index (χ4v) is 1.87. The van der Waals surface area contributed by atoms with Crippen molar-refractivity contribution >= 4 is 41.5 Å². The van der Waals surface area contributed by atoms with Crippen LogP contribution in [0.2, 0.25) is 0 Å². The minimum atomic E-state index is -0.286. The fraction of sp³-hybridized carbons (Fsp3) is 0.250. The largest absolute Gasteiger partial charge is 0.459 e. The molecule has 0 atom stereocenters. The summed E-state index contributed by atoms with van der Waals surface area (Å²) in [7, 11) is 0. The van der Waals surface area contributed by atoms with Crippen molar-refractivity contribution in [3.8, 4) is 0 Å². The Bertz CT molecular complexity index is 654. The highest BCUT2D eigenvalue weighted by Gasteiger charge is 2.08. The number of carbonyl (C=O) groups excluding carboxylic acids is 1. The van der Waals surface area contributed by atoms with Crippen LogP contribution in [0.4, 0.5) is 5.69 Å². The molecule has 7 heteroatoms. The second kappa shape index (κ2) is 9.19.